The van der Waals surface area contributed by atoms with Gasteiger partial charge < -0.3 is 4.74 Å². The van der Waals surface area contributed by atoms with Crippen molar-refractivity contribution in [3.05, 3.63) is 64.2 Å². The summed E-state index contributed by atoms with van der Waals surface area (Å²) in [5.41, 5.74) is 3.45. The molecule has 0 spiro atoms. The average molecular weight is 358 g/mol. The first-order valence-electron chi connectivity index (χ1n) is 9.84. The van der Waals surface area contributed by atoms with Gasteiger partial charge in [0.25, 0.3) is 0 Å². The fraction of sp³-hybridized carbons (Fsp3) is 0.478. The SMILES string of the molecule is CCCCc1cc(F)c(C2CCc3cc(OCCC)ccc3C2)c(F)c1. The molecule has 1 aliphatic carbocycles. The minimum atomic E-state index is -0.382. The van der Waals surface area contributed by atoms with Crippen molar-refractivity contribution in [1.82, 2.24) is 0 Å². The van der Waals surface area contributed by atoms with Crippen molar-refractivity contribution < 1.29 is 13.5 Å². The summed E-state index contributed by atoms with van der Waals surface area (Å²) in [5, 5.41) is 0. The quantitative estimate of drug-likeness (QED) is 0.559. The summed E-state index contributed by atoms with van der Waals surface area (Å²) >= 11 is 0. The molecule has 1 unspecified atom stereocenters. The Morgan fingerprint density at radius 1 is 1.00 bits per heavy atom. The molecule has 0 saturated heterocycles. The lowest BCUT2D eigenvalue weighted by Gasteiger charge is -2.26. The van der Waals surface area contributed by atoms with E-state index in [0.29, 0.717) is 13.0 Å². The van der Waals surface area contributed by atoms with Gasteiger partial charge in [-0.15, -0.1) is 0 Å². The molecule has 0 radical (unpaired) electrons. The minimum absolute atomic E-state index is 0.0925. The van der Waals surface area contributed by atoms with Crippen LogP contribution in [0.2, 0.25) is 0 Å². The topological polar surface area (TPSA) is 9.23 Å². The number of hydrogen-bond acceptors (Lipinski definition) is 1. The van der Waals surface area contributed by atoms with Crippen LogP contribution in [-0.2, 0) is 19.3 Å². The molecule has 0 aromatic heterocycles. The van der Waals surface area contributed by atoms with Gasteiger partial charge in [-0.25, -0.2) is 8.78 Å². The standard InChI is InChI=1S/C23H28F2O/c1-3-5-6-16-12-21(24)23(22(25)13-16)19-8-7-18-15-20(26-11-4-2)10-9-17(18)14-19/h9-10,12-13,15,19H,3-8,11,14H2,1-2H3. The molecule has 26 heavy (non-hydrogen) atoms. The molecule has 0 N–H and O–H groups in total. The summed E-state index contributed by atoms with van der Waals surface area (Å²) in [6, 6.07) is 9.17. The van der Waals surface area contributed by atoms with E-state index < -0.39 is 0 Å². The highest BCUT2D eigenvalue weighted by Crippen LogP contribution is 2.37. The van der Waals surface area contributed by atoms with Gasteiger partial charge >= 0.3 is 0 Å². The number of rotatable bonds is 7. The van der Waals surface area contributed by atoms with Gasteiger partial charge in [0.1, 0.15) is 17.4 Å². The molecule has 0 amide bonds. The highest BCUT2D eigenvalue weighted by Gasteiger charge is 2.26. The van der Waals surface area contributed by atoms with Crippen LogP contribution in [0.1, 0.15) is 67.7 Å². The number of aryl methyl sites for hydroxylation is 2. The third-order valence-corrected chi connectivity index (χ3v) is 5.25. The predicted molar refractivity (Wildman–Crippen MR) is 102 cm³/mol. The zero-order valence-corrected chi connectivity index (χ0v) is 15.8. The Labute approximate surface area is 155 Å². The number of unbranched alkanes of at least 4 members (excludes halogenated alkanes) is 1. The van der Waals surface area contributed by atoms with Crippen molar-refractivity contribution in [1.29, 1.82) is 0 Å². The Morgan fingerprint density at radius 3 is 2.46 bits per heavy atom. The van der Waals surface area contributed by atoms with Crippen LogP contribution in [0.25, 0.3) is 0 Å². The maximum Gasteiger partial charge on any atom is 0.129 e. The Balaban J connectivity index is 1.78. The third kappa shape index (κ3) is 4.25. The van der Waals surface area contributed by atoms with E-state index in [4.69, 9.17) is 4.74 Å². The molecule has 0 saturated carbocycles. The van der Waals surface area contributed by atoms with Crippen LogP contribution in [0, 0.1) is 11.6 Å². The first kappa shape index (κ1) is 18.9. The highest BCUT2D eigenvalue weighted by atomic mass is 19.1. The van der Waals surface area contributed by atoms with Crippen LogP contribution in [0.5, 0.6) is 5.75 Å². The number of fused-ring (bicyclic) bond motifs is 1. The molecule has 140 valence electrons. The van der Waals surface area contributed by atoms with Crippen molar-refractivity contribution in [2.45, 2.75) is 64.7 Å². The van der Waals surface area contributed by atoms with Crippen LogP contribution < -0.4 is 4.74 Å². The molecule has 0 heterocycles. The maximum atomic E-state index is 14.6. The number of hydrogen-bond donors (Lipinski definition) is 0. The molecule has 0 fully saturated rings. The van der Waals surface area contributed by atoms with E-state index in [-0.39, 0.29) is 23.1 Å². The van der Waals surface area contributed by atoms with Gasteiger partial charge in [0.05, 0.1) is 6.61 Å². The van der Waals surface area contributed by atoms with E-state index in [1.54, 1.807) is 0 Å². The lowest BCUT2D eigenvalue weighted by atomic mass is 9.79. The van der Waals surface area contributed by atoms with E-state index in [2.05, 4.69) is 26.0 Å². The van der Waals surface area contributed by atoms with Crippen LogP contribution in [-0.4, -0.2) is 6.61 Å². The maximum absolute atomic E-state index is 14.6. The second-order valence-electron chi connectivity index (χ2n) is 7.30. The summed E-state index contributed by atoms with van der Waals surface area (Å²) in [7, 11) is 0. The monoisotopic (exact) mass is 358 g/mol. The molecule has 2 aromatic carbocycles. The minimum Gasteiger partial charge on any atom is -0.494 e. The Kier molecular flexibility index (Phi) is 6.29. The summed E-state index contributed by atoms with van der Waals surface area (Å²) < 4.78 is 35.0. The lowest BCUT2D eigenvalue weighted by molar-refractivity contribution is 0.316. The summed E-state index contributed by atoms with van der Waals surface area (Å²) in [5.74, 6) is 0.0340. The zero-order valence-electron chi connectivity index (χ0n) is 15.8. The fourth-order valence-electron chi connectivity index (χ4n) is 3.84. The van der Waals surface area contributed by atoms with Crippen LogP contribution in [0.15, 0.2) is 30.3 Å². The Hall–Kier alpha value is -1.90. The number of halogens is 2. The summed E-state index contributed by atoms with van der Waals surface area (Å²) in [4.78, 5) is 0. The molecule has 2 aromatic rings. The van der Waals surface area contributed by atoms with Gasteiger partial charge in [-0.1, -0.05) is 26.3 Å². The second kappa shape index (κ2) is 8.66. The molecule has 0 aliphatic heterocycles. The Morgan fingerprint density at radius 2 is 1.77 bits per heavy atom. The van der Waals surface area contributed by atoms with Gasteiger partial charge in [0, 0.05) is 5.56 Å². The molecule has 1 aliphatic rings. The normalized spacial score (nSPS) is 16.4. The molecular formula is C23H28F2O. The van der Waals surface area contributed by atoms with Crippen LogP contribution in [0.4, 0.5) is 8.78 Å². The van der Waals surface area contributed by atoms with Gasteiger partial charge in [0.2, 0.25) is 0 Å². The van der Waals surface area contributed by atoms with Crippen molar-refractivity contribution in [2.24, 2.45) is 0 Å². The van der Waals surface area contributed by atoms with Crippen molar-refractivity contribution in [3.63, 3.8) is 0 Å². The molecule has 1 nitrogen and oxygen atoms in total. The Bertz CT molecular complexity index is 731. The zero-order chi connectivity index (χ0) is 18.5. The summed E-state index contributed by atoms with van der Waals surface area (Å²) in [6.07, 6.45) is 5.98. The first-order chi connectivity index (χ1) is 12.6. The molecule has 0 bridgehead atoms. The molecule has 3 rings (SSSR count). The summed E-state index contributed by atoms with van der Waals surface area (Å²) in [6.45, 7) is 4.88. The first-order valence-corrected chi connectivity index (χ1v) is 9.84. The smallest absolute Gasteiger partial charge is 0.129 e. The number of ether oxygens (including phenoxy) is 1. The average Bonchev–Trinajstić information content (AvgIpc) is 2.64. The van der Waals surface area contributed by atoms with E-state index in [1.807, 2.05) is 6.07 Å². The van der Waals surface area contributed by atoms with Gasteiger partial charge in [-0.05, 0) is 85.4 Å². The lowest BCUT2D eigenvalue weighted by Crippen LogP contribution is -2.16. The van der Waals surface area contributed by atoms with Gasteiger partial charge in [-0.2, -0.15) is 0 Å². The molecule has 1 atom stereocenters. The highest BCUT2D eigenvalue weighted by molar-refractivity contribution is 5.40. The van der Waals surface area contributed by atoms with Gasteiger partial charge in [-0.3, -0.25) is 0 Å². The molecular weight excluding hydrogens is 330 g/mol. The van der Waals surface area contributed by atoms with Crippen molar-refractivity contribution in [3.8, 4) is 5.75 Å². The van der Waals surface area contributed by atoms with E-state index in [1.165, 1.54) is 23.3 Å². The predicted octanol–water partition coefficient (Wildman–Crippen LogP) is 6.37. The van der Waals surface area contributed by atoms with Crippen molar-refractivity contribution >= 4 is 0 Å². The third-order valence-electron chi connectivity index (χ3n) is 5.25. The van der Waals surface area contributed by atoms with Crippen LogP contribution in [0.3, 0.4) is 0 Å². The van der Waals surface area contributed by atoms with Crippen LogP contribution >= 0.6 is 0 Å². The second-order valence-corrected chi connectivity index (χ2v) is 7.30. The van der Waals surface area contributed by atoms with Gasteiger partial charge in [0.15, 0.2) is 0 Å². The molecule has 3 heteroatoms. The van der Waals surface area contributed by atoms with E-state index in [9.17, 15) is 8.78 Å². The van der Waals surface area contributed by atoms with E-state index in [0.717, 1.165) is 49.8 Å². The van der Waals surface area contributed by atoms with E-state index >= 15 is 0 Å². The number of benzene rings is 2. The largest absolute Gasteiger partial charge is 0.494 e. The van der Waals surface area contributed by atoms with Crippen molar-refractivity contribution in [2.75, 3.05) is 6.61 Å². The fourth-order valence-corrected chi connectivity index (χ4v) is 3.84.